The number of rotatable bonds is 3. The fourth-order valence-electron chi connectivity index (χ4n) is 4.93. The maximum absolute atomic E-state index is 13.7. The predicted molar refractivity (Wildman–Crippen MR) is 124 cm³/mol. The number of aromatic nitrogens is 1. The lowest BCUT2D eigenvalue weighted by Gasteiger charge is -2.43. The number of phenolic OH excluding ortho intramolecular Hbond substituents is 1. The van der Waals surface area contributed by atoms with Gasteiger partial charge in [0.05, 0.1) is 17.7 Å². The Hall–Kier alpha value is -3.64. The summed E-state index contributed by atoms with van der Waals surface area (Å²) in [7, 11) is 0. The second kappa shape index (κ2) is 7.18. The van der Waals surface area contributed by atoms with E-state index in [2.05, 4.69) is 13.8 Å². The van der Waals surface area contributed by atoms with Gasteiger partial charge >= 0.3 is 5.97 Å². The molecule has 6 heteroatoms. The van der Waals surface area contributed by atoms with Gasteiger partial charge in [-0.15, -0.1) is 0 Å². The summed E-state index contributed by atoms with van der Waals surface area (Å²) in [5, 5.41) is 21.2. The van der Waals surface area contributed by atoms with E-state index < -0.39 is 17.0 Å². The maximum Gasteiger partial charge on any atom is 0.335 e. The van der Waals surface area contributed by atoms with Gasteiger partial charge in [0.2, 0.25) is 0 Å². The molecule has 0 saturated carbocycles. The molecule has 0 spiro atoms. The lowest BCUT2D eigenvalue weighted by atomic mass is 9.75. The SMILES string of the molecule is CC1(C)COC(C)(c2cccc(C(=O)O)c2)c2c1n(-c1ccc(F)cc1)c1cccc(O)c21. The number of halogens is 1. The van der Waals surface area contributed by atoms with Crippen LogP contribution < -0.4 is 0 Å². The minimum Gasteiger partial charge on any atom is -0.507 e. The minimum atomic E-state index is -1.02. The molecule has 1 aliphatic heterocycles. The standard InChI is InChI=1S/C27H24FNO4/c1-26(2)15-33-27(3,17-7-4-6-16(14-17)25(31)32)23-22-20(8-5-9-21(22)30)29(24(23)26)19-12-10-18(28)11-13-19/h4-14,30H,15H2,1-3H3,(H,31,32). The first-order chi connectivity index (χ1) is 15.6. The van der Waals surface area contributed by atoms with Crippen LogP contribution in [0.2, 0.25) is 0 Å². The van der Waals surface area contributed by atoms with Gasteiger partial charge in [-0.1, -0.05) is 32.0 Å². The number of hydrogen-bond acceptors (Lipinski definition) is 3. The fourth-order valence-corrected chi connectivity index (χ4v) is 4.93. The van der Waals surface area contributed by atoms with E-state index in [9.17, 15) is 19.4 Å². The Labute approximate surface area is 190 Å². The average molecular weight is 445 g/mol. The van der Waals surface area contributed by atoms with E-state index in [-0.39, 0.29) is 17.1 Å². The maximum atomic E-state index is 13.7. The van der Waals surface area contributed by atoms with Crippen molar-refractivity contribution in [1.82, 2.24) is 4.57 Å². The summed E-state index contributed by atoms with van der Waals surface area (Å²) in [5.74, 6) is -1.25. The van der Waals surface area contributed by atoms with E-state index >= 15 is 0 Å². The van der Waals surface area contributed by atoms with E-state index in [0.29, 0.717) is 17.6 Å². The van der Waals surface area contributed by atoms with Crippen molar-refractivity contribution in [3.63, 3.8) is 0 Å². The van der Waals surface area contributed by atoms with Gasteiger partial charge in [0.25, 0.3) is 0 Å². The number of fused-ring (bicyclic) bond motifs is 3. The summed E-state index contributed by atoms with van der Waals surface area (Å²) in [6.45, 7) is 6.40. The minimum absolute atomic E-state index is 0.103. The number of phenols is 1. The van der Waals surface area contributed by atoms with Crippen molar-refractivity contribution < 1.29 is 24.1 Å². The zero-order valence-electron chi connectivity index (χ0n) is 18.6. The average Bonchev–Trinajstić information content (AvgIpc) is 3.16. The van der Waals surface area contributed by atoms with E-state index in [4.69, 9.17) is 4.74 Å². The highest BCUT2D eigenvalue weighted by molar-refractivity contribution is 5.94. The lowest BCUT2D eigenvalue weighted by Crippen LogP contribution is -2.43. The van der Waals surface area contributed by atoms with Gasteiger partial charge in [-0.05, 0) is 61.0 Å². The number of benzene rings is 3. The van der Waals surface area contributed by atoms with Crippen molar-refractivity contribution in [1.29, 1.82) is 0 Å². The number of carbonyl (C=O) groups is 1. The molecule has 0 fully saturated rings. The summed E-state index contributed by atoms with van der Waals surface area (Å²) in [6.07, 6.45) is 0. The van der Waals surface area contributed by atoms with Gasteiger partial charge in [0, 0.05) is 27.7 Å². The van der Waals surface area contributed by atoms with E-state index in [1.54, 1.807) is 42.5 Å². The number of nitrogens with zero attached hydrogens (tertiary/aromatic N) is 1. The van der Waals surface area contributed by atoms with Crippen LogP contribution in [0.3, 0.4) is 0 Å². The van der Waals surface area contributed by atoms with Gasteiger partial charge in [-0.2, -0.15) is 0 Å². The molecule has 0 bridgehead atoms. The molecule has 3 aromatic carbocycles. The number of ether oxygens (including phenoxy) is 1. The topological polar surface area (TPSA) is 71.7 Å². The molecule has 4 aromatic rings. The van der Waals surface area contributed by atoms with Crippen molar-refractivity contribution in [3.05, 3.63) is 94.9 Å². The molecular weight excluding hydrogens is 421 g/mol. The quantitative estimate of drug-likeness (QED) is 0.422. The molecule has 1 aromatic heterocycles. The number of aromatic hydroxyl groups is 1. The zero-order valence-corrected chi connectivity index (χ0v) is 18.6. The van der Waals surface area contributed by atoms with Crippen molar-refractivity contribution in [2.24, 2.45) is 0 Å². The third-order valence-corrected chi connectivity index (χ3v) is 6.56. The van der Waals surface area contributed by atoms with Crippen LogP contribution in [0.1, 0.15) is 48.0 Å². The lowest BCUT2D eigenvalue weighted by molar-refractivity contribution is -0.0437. The van der Waals surface area contributed by atoms with Crippen molar-refractivity contribution in [2.75, 3.05) is 6.61 Å². The van der Waals surface area contributed by atoms with Crippen LogP contribution in [-0.2, 0) is 15.8 Å². The fraction of sp³-hybridized carbons (Fsp3) is 0.222. The van der Waals surface area contributed by atoms with Crippen LogP contribution in [0.15, 0.2) is 66.7 Å². The molecule has 33 heavy (non-hydrogen) atoms. The highest BCUT2D eigenvalue weighted by atomic mass is 19.1. The molecule has 168 valence electrons. The summed E-state index contributed by atoms with van der Waals surface area (Å²) < 4.78 is 22.3. The second-order valence-corrected chi connectivity index (χ2v) is 9.30. The highest BCUT2D eigenvalue weighted by Gasteiger charge is 2.47. The molecule has 5 rings (SSSR count). The Bertz CT molecular complexity index is 1400. The Kier molecular flexibility index (Phi) is 4.62. The van der Waals surface area contributed by atoms with Gasteiger partial charge in [0.1, 0.15) is 17.2 Å². The third kappa shape index (κ3) is 3.13. The van der Waals surface area contributed by atoms with E-state index in [1.807, 2.05) is 23.6 Å². The van der Waals surface area contributed by atoms with Crippen LogP contribution in [-0.4, -0.2) is 27.4 Å². The number of carboxylic acid groups (broad SMARTS) is 1. The molecule has 1 aliphatic rings. The molecule has 2 N–H and O–H groups in total. The van der Waals surface area contributed by atoms with Crippen molar-refractivity contribution in [2.45, 2.75) is 31.8 Å². The van der Waals surface area contributed by atoms with Crippen LogP contribution in [0.4, 0.5) is 4.39 Å². The third-order valence-electron chi connectivity index (χ3n) is 6.56. The second-order valence-electron chi connectivity index (χ2n) is 9.30. The monoisotopic (exact) mass is 445 g/mol. The predicted octanol–water partition coefficient (Wildman–Crippen LogP) is 5.74. The molecule has 0 aliphatic carbocycles. The first kappa shape index (κ1) is 21.2. The molecule has 1 atom stereocenters. The highest BCUT2D eigenvalue weighted by Crippen LogP contribution is 2.52. The van der Waals surface area contributed by atoms with Crippen molar-refractivity contribution >= 4 is 16.9 Å². The van der Waals surface area contributed by atoms with Gasteiger partial charge in [-0.3, -0.25) is 0 Å². The van der Waals surface area contributed by atoms with Crippen LogP contribution >= 0.6 is 0 Å². The molecule has 5 nitrogen and oxygen atoms in total. The molecule has 0 saturated heterocycles. The molecule has 0 amide bonds. The number of carboxylic acids is 1. The van der Waals surface area contributed by atoms with Crippen molar-refractivity contribution in [3.8, 4) is 11.4 Å². The summed E-state index contributed by atoms with van der Waals surface area (Å²) in [4.78, 5) is 11.7. The van der Waals surface area contributed by atoms with Gasteiger partial charge in [-0.25, -0.2) is 9.18 Å². The number of aromatic carboxylic acids is 1. The largest absolute Gasteiger partial charge is 0.507 e. The normalized spacial score (nSPS) is 19.4. The Morgan fingerprint density at radius 2 is 1.73 bits per heavy atom. The van der Waals surface area contributed by atoms with E-state index in [1.165, 1.54) is 12.1 Å². The Morgan fingerprint density at radius 1 is 1.03 bits per heavy atom. The Morgan fingerprint density at radius 3 is 2.42 bits per heavy atom. The van der Waals surface area contributed by atoms with Crippen LogP contribution in [0, 0.1) is 5.82 Å². The summed E-state index contributed by atoms with van der Waals surface area (Å²) >= 11 is 0. The summed E-state index contributed by atoms with van der Waals surface area (Å²) in [6, 6.07) is 18.3. The van der Waals surface area contributed by atoms with Gasteiger partial charge < -0.3 is 19.5 Å². The molecule has 1 unspecified atom stereocenters. The van der Waals surface area contributed by atoms with Crippen LogP contribution in [0.25, 0.3) is 16.6 Å². The molecule has 2 heterocycles. The first-order valence-electron chi connectivity index (χ1n) is 10.7. The molecular formula is C27H24FNO4. The van der Waals surface area contributed by atoms with Gasteiger partial charge in [0.15, 0.2) is 0 Å². The Balaban J connectivity index is 1.91. The van der Waals surface area contributed by atoms with E-state index in [0.717, 1.165) is 22.5 Å². The van der Waals surface area contributed by atoms with Crippen LogP contribution in [0.5, 0.6) is 5.75 Å². The summed E-state index contributed by atoms with van der Waals surface area (Å²) in [5.41, 5.74) is 2.63. The number of hydrogen-bond donors (Lipinski definition) is 2. The zero-order chi connectivity index (χ0) is 23.5. The first-order valence-corrected chi connectivity index (χ1v) is 10.7. The smallest absolute Gasteiger partial charge is 0.335 e. The molecule has 0 radical (unpaired) electrons.